The monoisotopic (exact) mass is 279 g/mol. The molecule has 1 aromatic heterocycles. The summed E-state index contributed by atoms with van der Waals surface area (Å²) in [6, 6.07) is 4.03. The van der Waals surface area contributed by atoms with Gasteiger partial charge in [0.15, 0.2) is 5.69 Å². The van der Waals surface area contributed by atoms with Crippen LogP contribution < -0.4 is 10.6 Å². The summed E-state index contributed by atoms with van der Waals surface area (Å²) in [5.74, 6) is 0.482. The summed E-state index contributed by atoms with van der Waals surface area (Å²) < 4.78 is 0. The Kier molecular flexibility index (Phi) is 6.93. The number of amides is 1. The van der Waals surface area contributed by atoms with E-state index in [1.807, 2.05) is 0 Å². The van der Waals surface area contributed by atoms with Gasteiger partial charge in [0, 0.05) is 19.6 Å². The molecule has 1 heterocycles. The number of unbranched alkanes of at least 4 members (excludes halogenated alkanes) is 1. The Morgan fingerprint density at radius 2 is 2.05 bits per heavy atom. The van der Waals surface area contributed by atoms with Gasteiger partial charge in [0.05, 0.1) is 0 Å². The van der Waals surface area contributed by atoms with Gasteiger partial charge in [0.1, 0.15) is 5.82 Å². The molecule has 1 amide bonds. The highest BCUT2D eigenvalue weighted by Crippen LogP contribution is 2.03. The lowest BCUT2D eigenvalue weighted by Crippen LogP contribution is -2.27. The second-order valence-electron chi connectivity index (χ2n) is 5.09. The van der Waals surface area contributed by atoms with Crippen molar-refractivity contribution in [2.24, 2.45) is 0 Å². The van der Waals surface area contributed by atoms with E-state index < -0.39 is 0 Å². The number of nitrogens with one attached hydrogen (secondary N) is 2. The third kappa shape index (κ3) is 5.52. The number of carbonyl (C=O) groups excluding carboxylic acids is 1. The largest absolute Gasteiger partial charge is 0.369 e. The van der Waals surface area contributed by atoms with Gasteiger partial charge in [-0.25, -0.2) is 0 Å². The van der Waals surface area contributed by atoms with E-state index in [1.54, 1.807) is 19.2 Å². The van der Waals surface area contributed by atoms with Crippen molar-refractivity contribution in [3.63, 3.8) is 0 Å². The molecule has 0 aromatic carbocycles. The van der Waals surface area contributed by atoms with Gasteiger partial charge in [-0.3, -0.25) is 4.79 Å². The number of aromatic nitrogens is 2. The zero-order valence-corrected chi connectivity index (χ0v) is 12.8. The van der Waals surface area contributed by atoms with Gasteiger partial charge in [0.25, 0.3) is 5.91 Å². The van der Waals surface area contributed by atoms with Crippen LogP contribution in [0, 0.1) is 0 Å². The molecule has 1 aromatic rings. The Hall–Kier alpha value is -1.69. The Balaban J connectivity index is 2.24. The van der Waals surface area contributed by atoms with Gasteiger partial charge in [-0.2, -0.15) is 0 Å². The average molecular weight is 279 g/mol. The van der Waals surface area contributed by atoms with Crippen molar-refractivity contribution < 1.29 is 4.79 Å². The molecule has 0 bridgehead atoms. The minimum atomic E-state index is -0.222. The first-order chi connectivity index (χ1) is 9.54. The number of hydrogen-bond acceptors (Lipinski definition) is 5. The second kappa shape index (κ2) is 8.47. The molecule has 0 saturated carbocycles. The number of anilines is 1. The first-order valence-electron chi connectivity index (χ1n) is 7.04. The fourth-order valence-corrected chi connectivity index (χ4v) is 1.64. The lowest BCUT2D eigenvalue weighted by molar-refractivity contribution is 0.0957. The van der Waals surface area contributed by atoms with Crippen LogP contribution in [0.1, 0.15) is 37.2 Å². The summed E-state index contributed by atoms with van der Waals surface area (Å²) in [5.41, 5.74) is 0.330. The van der Waals surface area contributed by atoms with Gasteiger partial charge in [0.2, 0.25) is 0 Å². The molecular weight excluding hydrogens is 254 g/mol. The minimum absolute atomic E-state index is 0.222. The minimum Gasteiger partial charge on any atom is -0.369 e. The molecule has 2 N–H and O–H groups in total. The normalized spacial score (nSPS) is 10.9. The summed E-state index contributed by atoms with van der Waals surface area (Å²) in [7, 11) is 3.71. The maximum Gasteiger partial charge on any atom is 0.271 e. The van der Waals surface area contributed by atoms with E-state index >= 15 is 0 Å². The van der Waals surface area contributed by atoms with Gasteiger partial charge in [-0.1, -0.05) is 0 Å². The maximum absolute atomic E-state index is 11.3. The van der Waals surface area contributed by atoms with Gasteiger partial charge in [-0.15, -0.1) is 10.2 Å². The van der Waals surface area contributed by atoms with Crippen LogP contribution >= 0.6 is 0 Å². The standard InChI is InChI=1S/C14H25N5O/c1-11(2)19(4)10-6-5-9-16-13-8-7-12(17-18-13)14(20)15-3/h7-8,11H,5-6,9-10H2,1-4H3,(H,15,20)(H,16,18). The van der Waals surface area contributed by atoms with Crippen LogP contribution in [0.15, 0.2) is 12.1 Å². The maximum atomic E-state index is 11.3. The fraction of sp³-hybridized carbons (Fsp3) is 0.643. The molecule has 0 fully saturated rings. The molecule has 1 rings (SSSR count). The van der Waals surface area contributed by atoms with Crippen molar-refractivity contribution in [1.29, 1.82) is 0 Å². The second-order valence-corrected chi connectivity index (χ2v) is 5.09. The summed E-state index contributed by atoms with van der Waals surface area (Å²) in [5, 5.41) is 13.6. The lowest BCUT2D eigenvalue weighted by Gasteiger charge is -2.20. The van der Waals surface area contributed by atoms with Crippen LogP contribution in [0.5, 0.6) is 0 Å². The molecule has 0 radical (unpaired) electrons. The lowest BCUT2D eigenvalue weighted by atomic mass is 10.2. The third-order valence-corrected chi connectivity index (χ3v) is 3.25. The van der Waals surface area contributed by atoms with Gasteiger partial charge >= 0.3 is 0 Å². The predicted molar refractivity (Wildman–Crippen MR) is 80.9 cm³/mol. The number of nitrogens with zero attached hydrogens (tertiary/aromatic N) is 3. The fourth-order valence-electron chi connectivity index (χ4n) is 1.64. The Morgan fingerprint density at radius 3 is 2.60 bits per heavy atom. The van der Waals surface area contributed by atoms with Crippen LogP contribution in [0.4, 0.5) is 5.82 Å². The molecule has 0 aliphatic carbocycles. The zero-order valence-electron chi connectivity index (χ0n) is 12.8. The molecule has 0 spiro atoms. The molecule has 20 heavy (non-hydrogen) atoms. The van der Waals surface area contributed by atoms with Crippen LogP contribution in [0.3, 0.4) is 0 Å². The summed E-state index contributed by atoms with van der Waals surface area (Å²) >= 11 is 0. The number of hydrogen-bond donors (Lipinski definition) is 2. The molecular formula is C14H25N5O. The molecule has 0 saturated heterocycles. The number of rotatable bonds is 8. The van der Waals surface area contributed by atoms with Crippen molar-refractivity contribution in [2.45, 2.75) is 32.7 Å². The highest BCUT2D eigenvalue weighted by atomic mass is 16.1. The first-order valence-corrected chi connectivity index (χ1v) is 7.04. The Labute approximate surface area is 121 Å². The molecule has 0 unspecified atom stereocenters. The first kappa shape index (κ1) is 16.4. The topological polar surface area (TPSA) is 70.2 Å². The molecule has 0 aliphatic heterocycles. The van der Waals surface area contributed by atoms with Crippen molar-refractivity contribution in [3.05, 3.63) is 17.8 Å². The van der Waals surface area contributed by atoms with Crippen molar-refractivity contribution >= 4 is 11.7 Å². The van der Waals surface area contributed by atoms with E-state index in [-0.39, 0.29) is 5.91 Å². The molecule has 0 aliphatic rings. The molecule has 6 heteroatoms. The van der Waals surface area contributed by atoms with Crippen molar-refractivity contribution in [1.82, 2.24) is 20.4 Å². The van der Waals surface area contributed by atoms with E-state index in [9.17, 15) is 4.79 Å². The van der Waals surface area contributed by atoms with Crippen LogP contribution in [0.25, 0.3) is 0 Å². The summed E-state index contributed by atoms with van der Waals surface area (Å²) in [6.07, 6.45) is 2.22. The van der Waals surface area contributed by atoms with E-state index in [2.05, 4.69) is 46.6 Å². The van der Waals surface area contributed by atoms with E-state index in [0.717, 1.165) is 25.9 Å². The van der Waals surface area contributed by atoms with E-state index in [4.69, 9.17) is 0 Å². The summed E-state index contributed by atoms with van der Waals surface area (Å²) in [6.45, 7) is 6.35. The SMILES string of the molecule is CNC(=O)c1ccc(NCCCCN(C)C(C)C)nn1. The quantitative estimate of drug-likeness (QED) is 0.703. The zero-order chi connectivity index (χ0) is 15.0. The smallest absolute Gasteiger partial charge is 0.271 e. The molecule has 0 atom stereocenters. The highest BCUT2D eigenvalue weighted by molar-refractivity contribution is 5.91. The van der Waals surface area contributed by atoms with Crippen molar-refractivity contribution in [2.75, 3.05) is 32.5 Å². The van der Waals surface area contributed by atoms with Gasteiger partial charge < -0.3 is 15.5 Å². The van der Waals surface area contributed by atoms with E-state index in [1.165, 1.54) is 0 Å². The van der Waals surface area contributed by atoms with Crippen LogP contribution in [-0.4, -0.2) is 54.2 Å². The Bertz CT molecular complexity index is 405. The highest BCUT2D eigenvalue weighted by Gasteiger charge is 2.05. The van der Waals surface area contributed by atoms with Crippen LogP contribution in [0.2, 0.25) is 0 Å². The predicted octanol–water partition coefficient (Wildman–Crippen LogP) is 1.37. The van der Waals surface area contributed by atoms with Crippen molar-refractivity contribution in [3.8, 4) is 0 Å². The number of carbonyl (C=O) groups is 1. The molecule has 6 nitrogen and oxygen atoms in total. The average Bonchev–Trinajstić information content (AvgIpc) is 2.46. The molecule has 112 valence electrons. The van der Waals surface area contributed by atoms with E-state index in [0.29, 0.717) is 17.6 Å². The Morgan fingerprint density at radius 1 is 1.30 bits per heavy atom. The van der Waals surface area contributed by atoms with Crippen LogP contribution in [-0.2, 0) is 0 Å². The van der Waals surface area contributed by atoms with Gasteiger partial charge in [-0.05, 0) is 52.4 Å². The summed E-state index contributed by atoms with van der Waals surface area (Å²) in [4.78, 5) is 13.6. The third-order valence-electron chi connectivity index (χ3n) is 3.25.